The Balaban J connectivity index is 2.32. The Bertz CT molecular complexity index is 567. The average molecular weight is 276 g/mol. The lowest BCUT2D eigenvalue weighted by Crippen LogP contribution is -2.17. The van der Waals surface area contributed by atoms with Crippen LogP contribution < -0.4 is 10.2 Å². The molecule has 2 aromatic carbocycles. The van der Waals surface area contributed by atoms with Gasteiger partial charge in [-0.05, 0) is 54.6 Å². The van der Waals surface area contributed by atoms with Crippen molar-refractivity contribution in [1.29, 1.82) is 0 Å². The summed E-state index contributed by atoms with van der Waals surface area (Å²) in [5.74, 6) is -0.525. The molecule has 0 aliphatic heterocycles. The molecule has 20 heavy (non-hydrogen) atoms. The van der Waals surface area contributed by atoms with E-state index in [4.69, 9.17) is 0 Å². The van der Waals surface area contributed by atoms with Gasteiger partial charge in [0.25, 0.3) is 0 Å². The van der Waals surface area contributed by atoms with E-state index in [2.05, 4.69) is 5.32 Å². The van der Waals surface area contributed by atoms with Crippen molar-refractivity contribution in [3.63, 3.8) is 0 Å². The highest BCUT2D eigenvalue weighted by molar-refractivity contribution is 5.65. The van der Waals surface area contributed by atoms with Gasteiger partial charge in [0.15, 0.2) is 0 Å². The van der Waals surface area contributed by atoms with Gasteiger partial charge in [0.1, 0.15) is 11.6 Å². The molecule has 1 N–H and O–H groups in total. The van der Waals surface area contributed by atoms with Crippen LogP contribution in [0.3, 0.4) is 0 Å². The summed E-state index contributed by atoms with van der Waals surface area (Å²) in [7, 11) is 1.88. The van der Waals surface area contributed by atoms with Crippen molar-refractivity contribution < 1.29 is 8.78 Å². The largest absolute Gasteiger partial charge is 0.344 e. The van der Waals surface area contributed by atoms with E-state index in [1.165, 1.54) is 24.3 Å². The third-order valence-electron chi connectivity index (χ3n) is 3.18. The van der Waals surface area contributed by atoms with Crippen LogP contribution in [0.1, 0.15) is 12.5 Å². The molecular weight excluding hydrogens is 258 g/mol. The SMILES string of the molecule is CCNCc1cc(F)ccc1N(C)c1ccc(F)cc1. The van der Waals surface area contributed by atoms with Gasteiger partial charge in [0, 0.05) is 25.0 Å². The molecule has 0 aromatic heterocycles. The normalized spacial score (nSPS) is 10.6. The first kappa shape index (κ1) is 14.5. The first-order chi connectivity index (χ1) is 9.61. The van der Waals surface area contributed by atoms with Crippen molar-refractivity contribution in [2.45, 2.75) is 13.5 Å². The molecule has 0 amide bonds. The van der Waals surface area contributed by atoms with Crippen LogP contribution in [0.25, 0.3) is 0 Å². The van der Waals surface area contributed by atoms with Crippen LogP contribution in [0, 0.1) is 11.6 Å². The zero-order chi connectivity index (χ0) is 14.5. The van der Waals surface area contributed by atoms with Gasteiger partial charge < -0.3 is 10.2 Å². The lowest BCUT2D eigenvalue weighted by molar-refractivity contribution is 0.622. The Morgan fingerprint density at radius 1 is 1.00 bits per heavy atom. The van der Waals surface area contributed by atoms with Crippen LogP contribution in [0.2, 0.25) is 0 Å². The lowest BCUT2D eigenvalue weighted by atomic mass is 10.1. The highest BCUT2D eigenvalue weighted by Crippen LogP contribution is 2.27. The number of benzene rings is 2. The highest BCUT2D eigenvalue weighted by atomic mass is 19.1. The molecule has 0 aliphatic carbocycles. The minimum Gasteiger partial charge on any atom is -0.344 e. The molecular formula is C16H18F2N2. The molecule has 0 aliphatic rings. The number of hydrogen-bond donors (Lipinski definition) is 1. The van der Waals surface area contributed by atoms with Crippen LogP contribution in [0.15, 0.2) is 42.5 Å². The number of anilines is 2. The van der Waals surface area contributed by atoms with Crippen molar-refractivity contribution in [3.8, 4) is 0 Å². The molecule has 2 nitrogen and oxygen atoms in total. The van der Waals surface area contributed by atoms with Gasteiger partial charge in [-0.1, -0.05) is 6.92 Å². The third kappa shape index (κ3) is 3.33. The predicted molar refractivity (Wildman–Crippen MR) is 78.2 cm³/mol. The first-order valence-electron chi connectivity index (χ1n) is 6.60. The predicted octanol–water partition coefficient (Wildman–Crippen LogP) is 3.84. The van der Waals surface area contributed by atoms with Crippen molar-refractivity contribution in [3.05, 3.63) is 59.7 Å². The summed E-state index contributed by atoms with van der Waals surface area (Å²) in [5.41, 5.74) is 2.63. The van der Waals surface area contributed by atoms with Gasteiger partial charge in [-0.15, -0.1) is 0 Å². The van der Waals surface area contributed by atoms with Crippen LogP contribution >= 0.6 is 0 Å². The smallest absolute Gasteiger partial charge is 0.123 e. The Labute approximate surface area is 118 Å². The van der Waals surface area contributed by atoms with Crippen molar-refractivity contribution in [1.82, 2.24) is 5.32 Å². The molecule has 0 saturated heterocycles. The fourth-order valence-corrected chi connectivity index (χ4v) is 2.09. The quantitative estimate of drug-likeness (QED) is 0.892. The van der Waals surface area contributed by atoms with E-state index in [1.54, 1.807) is 18.2 Å². The monoisotopic (exact) mass is 276 g/mol. The Morgan fingerprint density at radius 2 is 1.65 bits per heavy atom. The third-order valence-corrected chi connectivity index (χ3v) is 3.18. The second-order valence-electron chi connectivity index (χ2n) is 4.59. The van der Waals surface area contributed by atoms with Crippen LogP contribution in [-0.2, 0) is 6.54 Å². The van der Waals surface area contributed by atoms with E-state index >= 15 is 0 Å². The number of rotatable bonds is 5. The van der Waals surface area contributed by atoms with Crippen LogP contribution in [-0.4, -0.2) is 13.6 Å². The summed E-state index contributed by atoms with van der Waals surface area (Å²) in [6.07, 6.45) is 0. The molecule has 106 valence electrons. The summed E-state index contributed by atoms with van der Waals surface area (Å²) in [4.78, 5) is 1.92. The van der Waals surface area contributed by atoms with E-state index in [0.717, 1.165) is 23.5 Å². The fraction of sp³-hybridized carbons (Fsp3) is 0.250. The van der Waals surface area contributed by atoms with Gasteiger partial charge in [0.05, 0.1) is 0 Å². The number of nitrogens with zero attached hydrogens (tertiary/aromatic N) is 1. The van der Waals surface area contributed by atoms with Crippen LogP contribution in [0.4, 0.5) is 20.2 Å². The fourth-order valence-electron chi connectivity index (χ4n) is 2.09. The van der Waals surface area contributed by atoms with E-state index in [1.807, 2.05) is 18.9 Å². The van der Waals surface area contributed by atoms with Crippen molar-refractivity contribution >= 4 is 11.4 Å². The Kier molecular flexibility index (Phi) is 4.69. The summed E-state index contributed by atoms with van der Waals surface area (Å²) >= 11 is 0. The van der Waals surface area contributed by atoms with Gasteiger partial charge >= 0.3 is 0 Å². The lowest BCUT2D eigenvalue weighted by Gasteiger charge is -2.23. The molecule has 4 heteroatoms. The molecule has 0 saturated carbocycles. The standard InChI is InChI=1S/C16H18F2N2/c1-3-19-11-12-10-14(18)6-9-16(12)20(2)15-7-4-13(17)5-8-15/h4-10,19H,3,11H2,1-2H3. The molecule has 2 rings (SSSR count). The first-order valence-corrected chi connectivity index (χ1v) is 6.60. The zero-order valence-corrected chi connectivity index (χ0v) is 11.7. The average Bonchev–Trinajstić information content (AvgIpc) is 2.45. The van der Waals surface area contributed by atoms with Gasteiger partial charge in [-0.2, -0.15) is 0 Å². The minimum atomic E-state index is -0.269. The number of hydrogen-bond acceptors (Lipinski definition) is 2. The number of halogens is 2. The van der Waals surface area contributed by atoms with E-state index in [0.29, 0.717) is 6.54 Å². The maximum Gasteiger partial charge on any atom is 0.123 e. The van der Waals surface area contributed by atoms with Gasteiger partial charge in [-0.3, -0.25) is 0 Å². The Hall–Kier alpha value is -1.94. The topological polar surface area (TPSA) is 15.3 Å². The molecule has 0 radical (unpaired) electrons. The maximum atomic E-state index is 13.4. The van der Waals surface area contributed by atoms with Gasteiger partial charge in [0.2, 0.25) is 0 Å². The highest BCUT2D eigenvalue weighted by Gasteiger charge is 2.10. The molecule has 0 heterocycles. The summed E-state index contributed by atoms with van der Waals surface area (Å²) in [6, 6.07) is 10.9. The summed E-state index contributed by atoms with van der Waals surface area (Å²) in [5, 5.41) is 3.19. The maximum absolute atomic E-state index is 13.4. The molecule has 2 aromatic rings. The molecule has 0 atom stereocenters. The van der Waals surface area contributed by atoms with Crippen molar-refractivity contribution in [2.75, 3.05) is 18.5 Å². The number of nitrogens with one attached hydrogen (secondary N) is 1. The molecule has 0 fully saturated rings. The van der Waals surface area contributed by atoms with E-state index in [9.17, 15) is 8.78 Å². The van der Waals surface area contributed by atoms with E-state index < -0.39 is 0 Å². The minimum absolute atomic E-state index is 0.255. The second-order valence-corrected chi connectivity index (χ2v) is 4.59. The molecule has 0 spiro atoms. The molecule has 0 unspecified atom stereocenters. The summed E-state index contributed by atoms with van der Waals surface area (Å²) in [6.45, 7) is 3.41. The molecule has 0 bridgehead atoms. The van der Waals surface area contributed by atoms with E-state index in [-0.39, 0.29) is 11.6 Å². The van der Waals surface area contributed by atoms with Crippen molar-refractivity contribution in [2.24, 2.45) is 0 Å². The van der Waals surface area contributed by atoms with Gasteiger partial charge in [-0.25, -0.2) is 8.78 Å². The second kappa shape index (κ2) is 6.48. The van der Waals surface area contributed by atoms with Crippen LogP contribution in [0.5, 0.6) is 0 Å². The summed E-state index contributed by atoms with van der Waals surface area (Å²) < 4.78 is 26.4. The Morgan fingerprint density at radius 3 is 2.30 bits per heavy atom. The zero-order valence-electron chi connectivity index (χ0n) is 11.7.